The van der Waals surface area contributed by atoms with Crippen LogP contribution in [0.5, 0.6) is 0 Å². The molecule has 0 bridgehead atoms. The molecule has 0 aromatic carbocycles. The summed E-state index contributed by atoms with van der Waals surface area (Å²) in [7, 11) is 2.12. The second-order valence-corrected chi connectivity index (χ2v) is 4.90. The summed E-state index contributed by atoms with van der Waals surface area (Å²) in [6.45, 7) is 6.29. The van der Waals surface area contributed by atoms with Crippen LogP contribution in [-0.2, 0) is 0 Å². The van der Waals surface area contributed by atoms with Crippen molar-refractivity contribution in [2.45, 2.75) is 39.2 Å². The Morgan fingerprint density at radius 2 is 1.88 bits per heavy atom. The number of nitrogens with zero attached hydrogens (tertiary/aromatic N) is 3. The topological polar surface area (TPSA) is 41.1 Å². The van der Waals surface area contributed by atoms with E-state index in [0.717, 1.165) is 30.4 Å². The fourth-order valence-corrected chi connectivity index (χ4v) is 2.42. The zero-order valence-electron chi connectivity index (χ0n) is 11.0. The largest absolute Gasteiger partial charge is 0.341 e. The van der Waals surface area contributed by atoms with Crippen LogP contribution in [0.4, 0.5) is 5.95 Å². The summed E-state index contributed by atoms with van der Waals surface area (Å²) in [5, 5.41) is 3.44. The predicted molar refractivity (Wildman–Crippen MR) is 70.4 cm³/mol. The highest BCUT2D eigenvalue weighted by Gasteiger charge is 2.19. The summed E-state index contributed by atoms with van der Waals surface area (Å²) < 4.78 is 0. The van der Waals surface area contributed by atoms with Crippen molar-refractivity contribution in [3.05, 3.63) is 17.5 Å². The minimum Gasteiger partial charge on any atom is -0.341 e. The van der Waals surface area contributed by atoms with Crippen molar-refractivity contribution in [3.8, 4) is 0 Å². The molecule has 4 heteroatoms. The molecule has 0 spiro atoms. The lowest BCUT2D eigenvalue weighted by atomic mass is 10.1. The number of hydrogen-bond donors (Lipinski definition) is 1. The molecule has 1 aromatic heterocycles. The first-order valence-corrected chi connectivity index (χ1v) is 6.42. The molecule has 1 aliphatic heterocycles. The van der Waals surface area contributed by atoms with Gasteiger partial charge in [0.1, 0.15) is 0 Å². The van der Waals surface area contributed by atoms with E-state index in [-0.39, 0.29) is 0 Å². The monoisotopic (exact) mass is 234 g/mol. The Hall–Kier alpha value is -1.16. The molecule has 4 nitrogen and oxygen atoms in total. The first-order chi connectivity index (χ1) is 8.16. The highest BCUT2D eigenvalue weighted by molar-refractivity contribution is 5.32. The number of rotatable bonds is 2. The fraction of sp³-hybridized carbons (Fsp3) is 0.692. The van der Waals surface area contributed by atoms with Crippen LogP contribution in [0.2, 0.25) is 0 Å². The van der Waals surface area contributed by atoms with E-state index >= 15 is 0 Å². The van der Waals surface area contributed by atoms with Crippen molar-refractivity contribution in [1.82, 2.24) is 15.3 Å². The van der Waals surface area contributed by atoms with Gasteiger partial charge in [-0.3, -0.25) is 0 Å². The Morgan fingerprint density at radius 3 is 2.59 bits per heavy atom. The molecule has 1 fully saturated rings. The number of nitrogens with one attached hydrogen (secondary N) is 1. The molecule has 0 aliphatic carbocycles. The summed E-state index contributed by atoms with van der Waals surface area (Å²) in [6.07, 6.45) is 3.63. The molecule has 1 unspecified atom stereocenters. The quantitative estimate of drug-likeness (QED) is 0.845. The molecule has 94 valence electrons. The maximum absolute atomic E-state index is 4.53. The second kappa shape index (κ2) is 5.45. The van der Waals surface area contributed by atoms with Crippen molar-refractivity contribution in [2.75, 3.05) is 25.0 Å². The van der Waals surface area contributed by atoms with Gasteiger partial charge in [-0.25, -0.2) is 9.97 Å². The molecular weight excluding hydrogens is 212 g/mol. The van der Waals surface area contributed by atoms with E-state index in [0.29, 0.717) is 6.04 Å². The summed E-state index contributed by atoms with van der Waals surface area (Å²) in [5.41, 5.74) is 2.09. The van der Waals surface area contributed by atoms with Gasteiger partial charge in [0.15, 0.2) is 0 Å². The van der Waals surface area contributed by atoms with Gasteiger partial charge in [0.25, 0.3) is 0 Å². The standard InChI is InChI=1S/C13H22N4/c1-10-9-11(2)16-13(15-10)17(3)12-5-4-7-14-8-6-12/h9,12,14H,4-8H2,1-3H3. The molecular formula is C13H22N4. The molecule has 1 N–H and O–H groups in total. The Bertz CT molecular complexity index is 349. The Labute approximate surface area is 103 Å². The van der Waals surface area contributed by atoms with E-state index in [9.17, 15) is 0 Å². The van der Waals surface area contributed by atoms with Gasteiger partial charge < -0.3 is 10.2 Å². The molecule has 1 aliphatic rings. The number of hydrogen-bond acceptors (Lipinski definition) is 4. The van der Waals surface area contributed by atoms with Crippen LogP contribution in [0.3, 0.4) is 0 Å². The molecule has 0 saturated carbocycles. The molecule has 1 atom stereocenters. The number of anilines is 1. The SMILES string of the molecule is Cc1cc(C)nc(N(C)C2CCCNCC2)n1. The van der Waals surface area contributed by atoms with Gasteiger partial charge in [0, 0.05) is 24.5 Å². The summed E-state index contributed by atoms with van der Waals surface area (Å²) >= 11 is 0. The van der Waals surface area contributed by atoms with Gasteiger partial charge in [0.2, 0.25) is 5.95 Å². The maximum atomic E-state index is 4.53. The second-order valence-electron chi connectivity index (χ2n) is 4.90. The molecule has 1 aromatic rings. The minimum atomic E-state index is 0.561. The van der Waals surface area contributed by atoms with Gasteiger partial charge in [-0.1, -0.05) is 0 Å². The maximum Gasteiger partial charge on any atom is 0.225 e. The molecule has 17 heavy (non-hydrogen) atoms. The molecule has 0 amide bonds. The average Bonchev–Trinajstić information content (AvgIpc) is 2.55. The summed E-state index contributed by atoms with van der Waals surface area (Å²) in [5.74, 6) is 0.870. The van der Waals surface area contributed by atoms with E-state index in [4.69, 9.17) is 0 Å². The summed E-state index contributed by atoms with van der Waals surface area (Å²) in [6, 6.07) is 2.58. The lowest BCUT2D eigenvalue weighted by Crippen LogP contribution is -2.34. The predicted octanol–water partition coefficient (Wildman–Crippen LogP) is 1.67. The Morgan fingerprint density at radius 1 is 1.18 bits per heavy atom. The van der Waals surface area contributed by atoms with E-state index < -0.39 is 0 Å². The van der Waals surface area contributed by atoms with Crippen LogP contribution in [0.1, 0.15) is 30.7 Å². The summed E-state index contributed by atoms with van der Waals surface area (Å²) in [4.78, 5) is 11.3. The van der Waals surface area contributed by atoms with Crippen molar-refractivity contribution in [2.24, 2.45) is 0 Å². The van der Waals surface area contributed by atoms with Crippen LogP contribution in [-0.4, -0.2) is 36.1 Å². The smallest absolute Gasteiger partial charge is 0.225 e. The fourth-order valence-electron chi connectivity index (χ4n) is 2.42. The normalized spacial score (nSPS) is 21.0. The zero-order chi connectivity index (χ0) is 12.3. The highest BCUT2D eigenvalue weighted by Crippen LogP contribution is 2.17. The van der Waals surface area contributed by atoms with Gasteiger partial charge in [0.05, 0.1) is 0 Å². The minimum absolute atomic E-state index is 0.561. The van der Waals surface area contributed by atoms with Gasteiger partial charge in [-0.15, -0.1) is 0 Å². The van der Waals surface area contributed by atoms with Gasteiger partial charge in [-0.05, 0) is 52.3 Å². The Kier molecular flexibility index (Phi) is 3.94. The van der Waals surface area contributed by atoms with Crippen molar-refractivity contribution >= 4 is 5.95 Å². The van der Waals surface area contributed by atoms with Crippen LogP contribution >= 0.6 is 0 Å². The first kappa shape index (κ1) is 12.3. The molecule has 2 rings (SSSR count). The average molecular weight is 234 g/mol. The third-order valence-corrected chi connectivity index (χ3v) is 3.38. The van der Waals surface area contributed by atoms with E-state index in [1.165, 1.54) is 19.3 Å². The molecule has 2 heterocycles. The van der Waals surface area contributed by atoms with Crippen LogP contribution in [0.15, 0.2) is 6.07 Å². The van der Waals surface area contributed by atoms with E-state index in [1.54, 1.807) is 0 Å². The molecule has 0 radical (unpaired) electrons. The van der Waals surface area contributed by atoms with Gasteiger partial charge in [-0.2, -0.15) is 0 Å². The van der Waals surface area contributed by atoms with Crippen molar-refractivity contribution < 1.29 is 0 Å². The third-order valence-electron chi connectivity index (χ3n) is 3.38. The number of aromatic nitrogens is 2. The lowest BCUT2D eigenvalue weighted by Gasteiger charge is -2.27. The van der Waals surface area contributed by atoms with Crippen molar-refractivity contribution in [3.63, 3.8) is 0 Å². The van der Waals surface area contributed by atoms with Crippen LogP contribution in [0, 0.1) is 13.8 Å². The third kappa shape index (κ3) is 3.16. The van der Waals surface area contributed by atoms with Crippen molar-refractivity contribution in [1.29, 1.82) is 0 Å². The highest BCUT2D eigenvalue weighted by atomic mass is 15.3. The van der Waals surface area contributed by atoms with Crippen LogP contribution in [0.25, 0.3) is 0 Å². The van der Waals surface area contributed by atoms with E-state index in [1.807, 2.05) is 19.9 Å². The number of aryl methyl sites for hydroxylation is 2. The Balaban J connectivity index is 2.14. The molecule has 1 saturated heterocycles. The van der Waals surface area contributed by atoms with Gasteiger partial charge >= 0.3 is 0 Å². The first-order valence-electron chi connectivity index (χ1n) is 6.42. The van der Waals surface area contributed by atoms with E-state index in [2.05, 4.69) is 27.2 Å². The zero-order valence-corrected chi connectivity index (χ0v) is 11.0. The lowest BCUT2D eigenvalue weighted by molar-refractivity contribution is 0.557. The van der Waals surface area contributed by atoms with Crippen LogP contribution < -0.4 is 10.2 Å².